The molecule has 0 atom stereocenters. The summed E-state index contributed by atoms with van der Waals surface area (Å²) in [6.45, 7) is 6.94. The molecule has 4 nitrogen and oxygen atoms in total. The molecule has 4 heteroatoms. The lowest BCUT2D eigenvalue weighted by molar-refractivity contribution is 0.00235. The monoisotopic (exact) mass is 576 g/mol. The van der Waals surface area contributed by atoms with Crippen LogP contribution < -0.4 is 4.74 Å². The van der Waals surface area contributed by atoms with Crippen LogP contribution in [0.4, 0.5) is 0 Å². The first-order valence-electron chi connectivity index (χ1n) is 15.0. The van der Waals surface area contributed by atoms with E-state index in [1.165, 1.54) is 78.8 Å². The van der Waals surface area contributed by atoms with E-state index in [0.29, 0.717) is 16.6 Å². The molecule has 2 saturated heterocycles. The van der Waals surface area contributed by atoms with Gasteiger partial charge in [0, 0.05) is 50.1 Å². The number of nitrogens with zero attached hydrogens (tertiary/aromatic N) is 2. The van der Waals surface area contributed by atoms with E-state index in [1.54, 1.807) is 7.11 Å². The van der Waals surface area contributed by atoms with Crippen molar-refractivity contribution in [2.45, 2.75) is 53.6 Å². The summed E-state index contributed by atoms with van der Waals surface area (Å²) in [6, 6.07) is 33.9. The van der Waals surface area contributed by atoms with Gasteiger partial charge in [-0.2, -0.15) is 0 Å². The maximum Gasteiger partial charge on any atom is 0.119 e. The highest BCUT2D eigenvalue weighted by Gasteiger charge is 2.47. The fourth-order valence-corrected chi connectivity index (χ4v) is 7.92. The number of hydrogen-bond donors (Lipinski definition) is 1. The van der Waals surface area contributed by atoms with Crippen LogP contribution >= 0.6 is 0 Å². The van der Waals surface area contributed by atoms with E-state index in [9.17, 15) is 5.11 Å². The number of phenolic OH excluding ortho intramolecular Hbond substituents is 1. The molecule has 1 N–H and O–H groups in total. The van der Waals surface area contributed by atoms with Crippen molar-refractivity contribution in [3.8, 4) is 11.5 Å². The SMILES string of the molecule is C.C.COc1ccc2c(c1)CC1(C2)CN(Cc2ccccc2)C1.Oc1ccc2c(c1)CC1(C2)CN(Cc2ccccc2)C1. The highest BCUT2D eigenvalue weighted by Crippen LogP contribution is 2.46. The summed E-state index contributed by atoms with van der Waals surface area (Å²) in [5.74, 6) is 1.40. The first kappa shape index (κ1) is 30.8. The summed E-state index contributed by atoms with van der Waals surface area (Å²) in [7, 11) is 1.75. The van der Waals surface area contributed by atoms with Crippen LogP contribution in [0.1, 0.15) is 48.2 Å². The van der Waals surface area contributed by atoms with E-state index in [-0.39, 0.29) is 14.9 Å². The van der Waals surface area contributed by atoms with Gasteiger partial charge in [-0.05, 0) is 83.3 Å². The molecule has 2 spiro atoms. The molecule has 0 radical (unpaired) electrons. The zero-order chi connectivity index (χ0) is 27.9. The van der Waals surface area contributed by atoms with Crippen molar-refractivity contribution < 1.29 is 9.84 Å². The molecule has 0 unspecified atom stereocenters. The first-order chi connectivity index (χ1) is 20.0. The first-order valence-corrected chi connectivity index (χ1v) is 15.0. The summed E-state index contributed by atoms with van der Waals surface area (Å²) >= 11 is 0. The molecule has 226 valence electrons. The van der Waals surface area contributed by atoms with Gasteiger partial charge in [0.25, 0.3) is 0 Å². The van der Waals surface area contributed by atoms with Crippen LogP contribution in [0.5, 0.6) is 11.5 Å². The Hall–Kier alpha value is -3.60. The van der Waals surface area contributed by atoms with Crippen LogP contribution in [0.15, 0.2) is 97.1 Å². The second-order valence-corrected chi connectivity index (χ2v) is 13.1. The van der Waals surface area contributed by atoms with Gasteiger partial charge in [0.05, 0.1) is 7.11 Å². The smallest absolute Gasteiger partial charge is 0.119 e. The van der Waals surface area contributed by atoms with Crippen molar-refractivity contribution in [2.24, 2.45) is 10.8 Å². The third-order valence-electron chi connectivity index (χ3n) is 9.60. The van der Waals surface area contributed by atoms with Crippen molar-refractivity contribution in [1.29, 1.82) is 0 Å². The average molecular weight is 577 g/mol. The van der Waals surface area contributed by atoms with E-state index in [0.717, 1.165) is 25.3 Å². The maximum absolute atomic E-state index is 9.59. The van der Waals surface area contributed by atoms with E-state index in [1.807, 2.05) is 12.1 Å². The maximum atomic E-state index is 9.59. The van der Waals surface area contributed by atoms with Crippen LogP contribution in [-0.4, -0.2) is 48.2 Å². The summed E-state index contributed by atoms with van der Waals surface area (Å²) < 4.78 is 5.35. The van der Waals surface area contributed by atoms with E-state index < -0.39 is 0 Å². The lowest BCUT2D eigenvalue weighted by Crippen LogP contribution is -2.56. The number of aromatic hydroxyl groups is 1. The van der Waals surface area contributed by atoms with E-state index in [2.05, 4.69) is 94.7 Å². The van der Waals surface area contributed by atoms with Gasteiger partial charge in [-0.1, -0.05) is 87.6 Å². The highest BCUT2D eigenvalue weighted by molar-refractivity contribution is 5.42. The lowest BCUT2D eigenvalue weighted by atomic mass is 9.77. The fourth-order valence-electron chi connectivity index (χ4n) is 7.92. The van der Waals surface area contributed by atoms with Crippen LogP contribution in [0, 0.1) is 10.8 Å². The Kier molecular flexibility index (Phi) is 9.01. The Morgan fingerprint density at radius 2 is 1.02 bits per heavy atom. The zero-order valence-corrected chi connectivity index (χ0v) is 24.1. The number of rotatable bonds is 5. The molecule has 2 heterocycles. The van der Waals surface area contributed by atoms with Crippen molar-refractivity contribution in [1.82, 2.24) is 9.80 Å². The number of methoxy groups -OCH3 is 1. The topological polar surface area (TPSA) is 35.9 Å². The van der Waals surface area contributed by atoms with Crippen molar-refractivity contribution >= 4 is 0 Å². The van der Waals surface area contributed by atoms with Crippen LogP contribution in [0.3, 0.4) is 0 Å². The molecule has 0 saturated carbocycles. The third kappa shape index (κ3) is 6.51. The molecule has 8 rings (SSSR count). The summed E-state index contributed by atoms with van der Waals surface area (Å²) in [5, 5.41) is 9.59. The normalized spacial score (nSPS) is 18.6. The Balaban J connectivity index is 0.000000164. The standard InChI is InChI=1S/C19H21NO.C18H19NO.2CH4/c1-21-18-8-7-16-10-19(11-17(16)9-18)13-20(14-19)12-15-5-3-2-4-6-15;20-17-7-6-15-9-18(10-16(15)8-17)12-19(13-18)11-14-4-2-1-3-5-14;;/h2-9H,10-14H2,1H3;1-8,20H,9-13H2;2*1H4. The summed E-state index contributed by atoms with van der Waals surface area (Å²) in [4.78, 5) is 5.10. The fraction of sp³-hybridized carbons (Fsp3) is 0.385. The minimum Gasteiger partial charge on any atom is -0.508 e. The Morgan fingerprint density at radius 1 is 0.581 bits per heavy atom. The Labute approximate surface area is 258 Å². The average Bonchev–Trinajstić information content (AvgIpc) is 3.52. The van der Waals surface area contributed by atoms with Gasteiger partial charge in [0.2, 0.25) is 0 Å². The quantitative estimate of drug-likeness (QED) is 0.266. The van der Waals surface area contributed by atoms with Crippen LogP contribution in [0.25, 0.3) is 0 Å². The Bertz CT molecular complexity index is 1510. The minimum atomic E-state index is 0. The van der Waals surface area contributed by atoms with Gasteiger partial charge < -0.3 is 9.84 Å². The molecule has 0 bridgehead atoms. The summed E-state index contributed by atoms with van der Waals surface area (Å²) in [6.07, 6.45) is 4.75. The Morgan fingerprint density at radius 3 is 1.51 bits per heavy atom. The molecule has 0 aromatic heterocycles. The number of hydrogen-bond acceptors (Lipinski definition) is 4. The lowest BCUT2D eigenvalue weighted by Gasteiger charge is -2.48. The van der Waals surface area contributed by atoms with Crippen LogP contribution in [-0.2, 0) is 38.8 Å². The van der Waals surface area contributed by atoms with Gasteiger partial charge in [-0.3, -0.25) is 9.80 Å². The molecule has 2 fully saturated rings. The molecular formula is C39H48N2O2. The predicted molar refractivity (Wildman–Crippen MR) is 178 cm³/mol. The largest absolute Gasteiger partial charge is 0.508 e. The molecule has 43 heavy (non-hydrogen) atoms. The number of ether oxygens (including phenoxy) is 1. The van der Waals surface area contributed by atoms with E-state index in [4.69, 9.17) is 4.74 Å². The van der Waals surface area contributed by atoms with Crippen molar-refractivity contribution in [3.05, 3.63) is 130 Å². The molecular weight excluding hydrogens is 528 g/mol. The third-order valence-corrected chi connectivity index (χ3v) is 9.60. The number of benzene rings is 4. The van der Waals surface area contributed by atoms with Crippen molar-refractivity contribution in [3.63, 3.8) is 0 Å². The predicted octanol–water partition coefficient (Wildman–Crippen LogP) is 7.56. The minimum absolute atomic E-state index is 0. The molecule has 4 aromatic rings. The molecule has 4 aliphatic rings. The summed E-state index contributed by atoms with van der Waals surface area (Å²) in [5.41, 5.74) is 9.55. The van der Waals surface area contributed by atoms with Gasteiger partial charge in [0.1, 0.15) is 11.5 Å². The second-order valence-electron chi connectivity index (χ2n) is 13.1. The number of fused-ring (bicyclic) bond motifs is 2. The highest BCUT2D eigenvalue weighted by atomic mass is 16.5. The van der Waals surface area contributed by atoms with Gasteiger partial charge in [-0.25, -0.2) is 0 Å². The molecule has 4 aromatic carbocycles. The zero-order valence-electron chi connectivity index (χ0n) is 24.1. The molecule has 2 aliphatic heterocycles. The van der Waals surface area contributed by atoms with Crippen molar-refractivity contribution in [2.75, 3.05) is 33.3 Å². The molecule has 0 amide bonds. The van der Waals surface area contributed by atoms with Gasteiger partial charge >= 0.3 is 0 Å². The van der Waals surface area contributed by atoms with E-state index >= 15 is 0 Å². The second kappa shape index (κ2) is 12.6. The van der Waals surface area contributed by atoms with Gasteiger partial charge in [-0.15, -0.1) is 0 Å². The molecule has 2 aliphatic carbocycles. The number of likely N-dealkylation sites (tertiary alicyclic amines) is 2. The number of phenols is 1. The van der Waals surface area contributed by atoms with Gasteiger partial charge in [0.15, 0.2) is 0 Å². The van der Waals surface area contributed by atoms with Crippen LogP contribution in [0.2, 0.25) is 0 Å².